The lowest BCUT2D eigenvalue weighted by atomic mass is 10.3. The van der Waals surface area contributed by atoms with Crippen molar-refractivity contribution >= 4 is 10.0 Å². The standard InChI is InChI=1S/C13H16N4O2S/c14-8-12-13(2-1-6-15-12)20(18,19)16-10-5-7-17(9-10)11-3-4-11/h1-2,6,10-11,16H,3-5,7,9H2. The Labute approximate surface area is 118 Å². The van der Waals surface area contributed by atoms with E-state index >= 15 is 0 Å². The third-order valence-corrected chi connectivity index (χ3v) is 5.32. The van der Waals surface area contributed by atoms with Crippen LogP contribution >= 0.6 is 0 Å². The van der Waals surface area contributed by atoms with Gasteiger partial charge in [-0.15, -0.1) is 0 Å². The van der Waals surface area contributed by atoms with Gasteiger partial charge in [-0.25, -0.2) is 18.1 Å². The molecule has 1 N–H and O–H groups in total. The molecule has 1 saturated heterocycles. The number of hydrogen-bond acceptors (Lipinski definition) is 5. The van der Waals surface area contributed by atoms with Crippen LogP contribution in [0.4, 0.5) is 0 Å². The molecule has 6 nitrogen and oxygen atoms in total. The van der Waals surface area contributed by atoms with Crippen molar-refractivity contribution in [3.8, 4) is 6.07 Å². The van der Waals surface area contributed by atoms with Gasteiger partial charge in [-0.05, 0) is 31.4 Å². The monoisotopic (exact) mass is 292 g/mol. The van der Waals surface area contributed by atoms with Crippen LogP contribution in [0.25, 0.3) is 0 Å². The predicted octanol–water partition coefficient (Wildman–Crippen LogP) is 0.468. The van der Waals surface area contributed by atoms with Crippen LogP contribution in [0.15, 0.2) is 23.2 Å². The highest BCUT2D eigenvalue weighted by Crippen LogP contribution is 2.30. The van der Waals surface area contributed by atoms with E-state index in [-0.39, 0.29) is 16.6 Å². The summed E-state index contributed by atoms with van der Waals surface area (Å²) in [5, 5.41) is 8.95. The largest absolute Gasteiger partial charge is 0.299 e. The summed E-state index contributed by atoms with van der Waals surface area (Å²) < 4.78 is 27.4. The van der Waals surface area contributed by atoms with Crippen molar-refractivity contribution in [1.29, 1.82) is 5.26 Å². The van der Waals surface area contributed by atoms with Crippen LogP contribution < -0.4 is 4.72 Å². The molecule has 1 saturated carbocycles. The van der Waals surface area contributed by atoms with Crippen LogP contribution in [-0.4, -0.2) is 43.5 Å². The number of pyridine rings is 1. The van der Waals surface area contributed by atoms with Gasteiger partial charge in [0, 0.05) is 31.4 Å². The van der Waals surface area contributed by atoms with Crippen molar-refractivity contribution in [2.45, 2.75) is 36.2 Å². The SMILES string of the molecule is N#Cc1ncccc1S(=O)(=O)NC1CCN(C2CC2)C1. The van der Waals surface area contributed by atoms with Crippen LogP contribution in [0.3, 0.4) is 0 Å². The molecule has 0 bridgehead atoms. The molecule has 2 fully saturated rings. The topological polar surface area (TPSA) is 86.1 Å². The minimum absolute atomic E-state index is 0.0348. The summed E-state index contributed by atoms with van der Waals surface area (Å²) in [5.41, 5.74) is -0.0583. The first kappa shape index (κ1) is 13.5. The fourth-order valence-corrected chi connectivity index (χ4v) is 4.00. The molecule has 1 unspecified atom stereocenters. The van der Waals surface area contributed by atoms with Crippen molar-refractivity contribution < 1.29 is 8.42 Å². The third-order valence-electron chi connectivity index (χ3n) is 3.77. The number of hydrogen-bond donors (Lipinski definition) is 1. The quantitative estimate of drug-likeness (QED) is 0.871. The summed E-state index contributed by atoms with van der Waals surface area (Å²) in [7, 11) is -3.68. The zero-order valence-corrected chi connectivity index (χ0v) is 11.8. The molecule has 1 aliphatic carbocycles. The molecule has 0 spiro atoms. The average molecular weight is 292 g/mol. The molecule has 1 atom stereocenters. The van der Waals surface area contributed by atoms with Gasteiger partial charge in [-0.2, -0.15) is 5.26 Å². The number of sulfonamides is 1. The predicted molar refractivity (Wildman–Crippen MR) is 72.3 cm³/mol. The molecule has 2 heterocycles. The summed E-state index contributed by atoms with van der Waals surface area (Å²) in [6.07, 6.45) is 4.68. The molecule has 1 aliphatic heterocycles. The Morgan fingerprint density at radius 3 is 2.90 bits per heavy atom. The summed E-state index contributed by atoms with van der Waals surface area (Å²) in [6, 6.07) is 5.34. The summed E-state index contributed by atoms with van der Waals surface area (Å²) >= 11 is 0. The Morgan fingerprint density at radius 2 is 2.20 bits per heavy atom. The summed E-state index contributed by atoms with van der Waals surface area (Å²) in [4.78, 5) is 6.10. The Kier molecular flexibility index (Phi) is 3.46. The highest BCUT2D eigenvalue weighted by molar-refractivity contribution is 7.89. The maximum atomic E-state index is 12.3. The van der Waals surface area contributed by atoms with Gasteiger partial charge in [0.15, 0.2) is 5.69 Å². The van der Waals surface area contributed by atoms with Gasteiger partial charge in [0.05, 0.1) is 0 Å². The van der Waals surface area contributed by atoms with E-state index in [9.17, 15) is 8.42 Å². The van der Waals surface area contributed by atoms with Crippen molar-refractivity contribution in [2.24, 2.45) is 0 Å². The minimum Gasteiger partial charge on any atom is -0.299 e. The molecular formula is C13H16N4O2S. The van der Waals surface area contributed by atoms with Crippen LogP contribution in [-0.2, 0) is 10.0 Å². The molecule has 2 aliphatic rings. The van der Waals surface area contributed by atoms with Crippen LogP contribution in [0.1, 0.15) is 25.0 Å². The number of aromatic nitrogens is 1. The molecule has 0 radical (unpaired) electrons. The van der Waals surface area contributed by atoms with Gasteiger partial charge in [-0.3, -0.25) is 4.90 Å². The Bertz CT molecular complexity index is 649. The van der Waals surface area contributed by atoms with Crippen LogP contribution in [0.5, 0.6) is 0 Å². The summed E-state index contributed by atoms with van der Waals surface area (Å²) in [5.74, 6) is 0. The number of rotatable bonds is 4. The zero-order valence-electron chi connectivity index (χ0n) is 11.0. The Morgan fingerprint density at radius 1 is 1.40 bits per heavy atom. The first-order chi connectivity index (χ1) is 9.60. The lowest BCUT2D eigenvalue weighted by Gasteiger charge is -2.16. The second-order valence-electron chi connectivity index (χ2n) is 5.29. The van der Waals surface area contributed by atoms with E-state index in [2.05, 4.69) is 14.6 Å². The second kappa shape index (κ2) is 5.13. The van der Waals surface area contributed by atoms with Gasteiger partial charge < -0.3 is 0 Å². The van der Waals surface area contributed by atoms with Crippen molar-refractivity contribution in [3.63, 3.8) is 0 Å². The van der Waals surface area contributed by atoms with E-state index in [0.29, 0.717) is 6.04 Å². The molecule has 3 rings (SSSR count). The number of likely N-dealkylation sites (tertiary alicyclic amines) is 1. The minimum atomic E-state index is -3.68. The van der Waals surface area contributed by atoms with Gasteiger partial charge >= 0.3 is 0 Å². The van der Waals surface area contributed by atoms with E-state index in [0.717, 1.165) is 19.5 Å². The maximum absolute atomic E-state index is 12.3. The molecule has 7 heteroatoms. The lowest BCUT2D eigenvalue weighted by Crippen LogP contribution is -2.37. The third kappa shape index (κ3) is 2.68. The smallest absolute Gasteiger partial charge is 0.243 e. The normalized spacial score (nSPS) is 23.6. The average Bonchev–Trinajstić information content (AvgIpc) is 3.20. The fourth-order valence-electron chi connectivity index (χ4n) is 2.63. The van der Waals surface area contributed by atoms with Gasteiger partial charge in [-0.1, -0.05) is 0 Å². The molecule has 0 amide bonds. The van der Waals surface area contributed by atoms with Crippen LogP contribution in [0.2, 0.25) is 0 Å². The van der Waals surface area contributed by atoms with E-state index in [4.69, 9.17) is 5.26 Å². The first-order valence-electron chi connectivity index (χ1n) is 6.71. The van der Waals surface area contributed by atoms with E-state index < -0.39 is 10.0 Å². The lowest BCUT2D eigenvalue weighted by molar-refractivity contribution is 0.322. The van der Waals surface area contributed by atoms with Gasteiger partial charge in [0.2, 0.25) is 10.0 Å². The Balaban J connectivity index is 1.74. The highest BCUT2D eigenvalue weighted by atomic mass is 32.2. The Hall–Kier alpha value is -1.49. The van der Waals surface area contributed by atoms with E-state index in [1.165, 1.54) is 31.2 Å². The van der Waals surface area contributed by atoms with Gasteiger partial charge in [0.25, 0.3) is 0 Å². The van der Waals surface area contributed by atoms with Crippen molar-refractivity contribution in [3.05, 3.63) is 24.0 Å². The molecule has 0 aromatic carbocycles. The van der Waals surface area contributed by atoms with Crippen LogP contribution in [0, 0.1) is 11.3 Å². The molecule has 20 heavy (non-hydrogen) atoms. The van der Waals surface area contributed by atoms with Gasteiger partial charge in [0.1, 0.15) is 11.0 Å². The molecular weight excluding hydrogens is 276 g/mol. The molecule has 106 valence electrons. The number of nitrogens with zero attached hydrogens (tertiary/aromatic N) is 3. The zero-order chi connectivity index (χ0) is 14.2. The van der Waals surface area contributed by atoms with Crippen molar-refractivity contribution in [1.82, 2.24) is 14.6 Å². The second-order valence-corrected chi connectivity index (χ2v) is 6.98. The van der Waals surface area contributed by atoms with E-state index in [1.54, 1.807) is 0 Å². The number of nitriles is 1. The van der Waals surface area contributed by atoms with Crippen molar-refractivity contribution in [2.75, 3.05) is 13.1 Å². The fraction of sp³-hybridized carbons (Fsp3) is 0.538. The maximum Gasteiger partial charge on any atom is 0.243 e. The molecule has 1 aromatic heterocycles. The molecule has 1 aromatic rings. The summed E-state index contributed by atoms with van der Waals surface area (Å²) in [6.45, 7) is 1.70. The highest BCUT2D eigenvalue weighted by Gasteiger charge is 2.36. The first-order valence-corrected chi connectivity index (χ1v) is 8.20. The van der Waals surface area contributed by atoms with E-state index in [1.807, 2.05) is 6.07 Å². The number of nitrogens with one attached hydrogen (secondary N) is 1.